The molecule has 2 rings (SSSR count). The van der Waals surface area contributed by atoms with Crippen molar-refractivity contribution in [3.63, 3.8) is 0 Å². The van der Waals surface area contributed by atoms with E-state index in [1.807, 2.05) is 49.4 Å². The van der Waals surface area contributed by atoms with E-state index in [1.54, 1.807) is 0 Å². The van der Waals surface area contributed by atoms with Gasteiger partial charge in [0.1, 0.15) is 17.2 Å². The summed E-state index contributed by atoms with van der Waals surface area (Å²) in [5.74, 6) is 2.19. The minimum absolute atomic E-state index is 0.0126. The second-order valence-electron chi connectivity index (χ2n) is 3.93. The van der Waals surface area contributed by atoms with Crippen LogP contribution in [-0.4, -0.2) is 11.7 Å². The van der Waals surface area contributed by atoms with Crippen molar-refractivity contribution in [2.24, 2.45) is 0 Å². The lowest BCUT2D eigenvalue weighted by molar-refractivity contribution is 0.281. The van der Waals surface area contributed by atoms with Crippen molar-refractivity contribution < 1.29 is 14.6 Å². The molecule has 0 fully saturated rings. The van der Waals surface area contributed by atoms with E-state index in [4.69, 9.17) is 14.6 Å². The van der Waals surface area contributed by atoms with E-state index >= 15 is 0 Å². The van der Waals surface area contributed by atoms with E-state index in [1.165, 1.54) is 0 Å². The zero-order valence-corrected chi connectivity index (χ0v) is 12.2. The van der Waals surface area contributed by atoms with Gasteiger partial charge in [-0.25, -0.2) is 0 Å². The molecule has 3 nitrogen and oxygen atoms in total. The molecule has 0 saturated heterocycles. The van der Waals surface area contributed by atoms with Crippen LogP contribution in [0.5, 0.6) is 17.2 Å². The van der Waals surface area contributed by atoms with Crippen LogP contribution >= 0.6 is 15.9 Å². The van der Waals surface area contributed by atoms with Crippen molar-refractivity contribution in [3.8, 4) is 17.2 Å². The van der Waals surface area contributed by atoms with Gasteiger partial charge in [0, 0.05) is 6.07 Å². The Morgan fingerprint density at radius 2 is 1.89 bits per heavy atom. The van der Waals surface area contributed by atoms with Gasteiger partial charge >= 0.3 is 0 Å². The fraction of sp³-hybridized carbons (Fsp3) is 0.200. The molecule has 0 heterocycles. The lowest BCUT2D eigenvalue weighted by Gasteiger charge is -2.10. The van der Waals surface area contributed by atoms with Crippen LogP contribution in [0, 0.1) is 0 Å². The van der Waals surface area contributed by atoms with Crippen molar-refractivity contribution in [1.82, 2.24) is 0 Å². The van der Waals surface area contributed by atoms with Crippen LogP contribution in [0.1, 0.15) is 12.5 Å². The molecule has 0 unspecified atom stereocenters. The normalized spacial score (nSPS) is 10.3. The highest BCUT2D eigenvalue weighted by atomic mass is 79.9. The van der Waals surface area contributed by atoms with Gasteiger partial charge in [-0.1, -0.05) is 12.1 Å². The third kappa shape index (κ3) is 3.72. The fourth-order valence-electron chi connectivity index (χ4n) is 1.65. The molecule has 0 aliphatic heterocycles. The summed E-state index contributed by atoms with van der Waals surface area (Å²) >= 11 is 3.43. The van der Waals surface area contributed by atoms with Crippen molar-refractivity contribution in [2.75, 3.05) is 6.61 Å². The molecular formula is C15H15BrO3. The summed E-state index contributed by atoms with van der Waals surface area (Å²) in [7, 11) is 0. The first-order chi connectivity index (χ1) is 9.22. The molecule has 0 amide bonds. The highest BCUT2D eigenvalue weighted by Crippen LogP contribution is 2.31. The molecule has 0 aliphatic carbocycles. The molecule has 0 aliphatic rings. The van der Waals surface area contributed by atoms with Gasteiger partial charge in [0.05, 0.1) is 17.7 Å². The Morgan fingerprint density at radius 3 is 2.58 bits per heavy atom. The van der Waals surface area contributed by atoms with Crippen molar-refractivity contribution >= 4 is 15.9 Å². The first-order valence-corrected chi connectivity index (χ1v) is 6.82. The lowest BCUT2D eigenvalue weighted by Crippen LogP contribution is -1.92. The highest BCUT2D eigenvalue weighted by Gasteiger charge is 2.05. The van der Waals surface area contributed by atoms with Crippen molar-refractivity contribution in [2.45, 2.75) is 13.5 Å². The minimum atomic E-state index is 0.0126. The molecule has 2 aromatic rings. The average molecular weight is 323 g/mol. The molecule has 19 heavy (non-hydrogen) atoms. The van der Waals surface area contributed by atoms with E-state index in [2.05, 4.69) is 15.9 Å². The molecule has 0 saturated carbocycles. The largest absolute Gasteiger partial charge is 0.494 e. The van der Waals surface area contributed by atoms with Gasteiger partial charge in [0.2, 0.25) is 0 Å². The summed E-state index contributed by atoms with van der Waals surface area (Å²) in [6, 6.07) is 13.0. The Bertz CT molecular complexity index is 555. The number of rotatable bonds is 5. The van der Waals surface area contributed by atoms with Crippen molar-refractivity contribution in [3.05, 3.63) is 52.5 Å². The van der Waals surface area contributed by atoms with Crippen LogP contribution in [-0.2, 0) is 6.61 Å². The van der Waals surface area contributed by atoms with Gasteiger partial charge in [-0.2, -0.15) is 0 Å². The monoisotopic (exact) mass is 322 g/mol. The zero-order chi connectivity index (χ0) is 13.7. The first kappa shape index (κ1) is 13.9. The maximum absolute atomic E-state index is 9.06. The molecular weight excluding hydrogens is 308 g/mol. The minimum Gasteiger partial charge on any atom is -0.494 e. The Balaban J connectivity index is 2.18. The van der Waals surface area contributed by atoms with Gasteiger partial charge in [-0.05, 0) is 52.7 Å². The van der Waals surface area contributed by atoms with Gasteiger partial charge < -0.3 is 14.6 Å². The number of hydrogen-bond donors (Lipinski definition) is 1. The Hall–Kier alpha value is -1.52. The number of halogens is 1. The van der Waals surface area contributed by atoms with Crippen LogP contribution in [0.15, 0.2) is 46.9 Å². The van der Waals surface area contributed by atoms with E-state index in [0.717, 1.165) is 15.8 Å². The first-order valence-electron chi connectivity index (χ1n) is 6.03. The summed E-state index contributed by atoms with van der Waals surface area (Å²) < 4.78 is 12.0. The quantitative estimate of drug-likeness (QED) is 0.899. The molecule has 0 aromatic heterocycles. The third-order valence-corrected chi connectivity index (χ3v) is 3.14. The molecule has 0 radical (unpaired) electrons. The van der Waals surface area contributed by atoms with Gasteiger partial charge in [0.15, 0.2) is 0 Å². The molecule has 4 heteroatoms. The zero-order valence-electron chi connectivity index (χ0n) is 10.6. The second-order valence-corrected chi connectivity index (χ2v) is 4.79. The summed E-state index contributed by atoms with van der Waals surface area (Å²) in [4.78, 5) is 0. The Morgan fingerprint density at radius 1 is 1.11 bits per heavy atom. The predicted octanol–water partition coefficient (Wildman–Crippen LogP) is 4.13. The highest BCUT2D eigenvalue weighted by molar-refractivity contribution is 9.10. The number of hydrogen-bond acceptors (Lipinski definition) is 3. The Labute approximate surface area is 120 Å². The fourth-order valence-corrected chi connectivity index (χ4v) is 2.15. The van der Waals surface area contributed by atoms with Crippen LogP contribution < -0.4 is 9.47 Å². The van der Waals surface area contributed by atoms with Crippen LogP contribution in [0.3, 0.4) is 0 Å². The summed E-state index contributed by atoms with van der Waals surface area (Å²) in [5.41, 5.74) is 0.835. The number of ether oxygens (including phenoxy) is 2. The lowest BCUT2D eigenvalue weighted by atomic mass is 10.2. The Kier molecular flexibility index (Phi) is 4.82. The SMILES string of the molecule is CCOc1cccc(Oc2ccc(CO)cc2Br)c1. The predicted molar refractivity (Wildman–Crippen MR) is 77.7 cm³/mol. The average Bonchev–Trinajstić information content (AvgIpc) is 2.42. The van der Waals surface area contributed by atoms with Gasteiger partial charge in [-0.3, -0.25) is 0 Å². The standard InChI is InChI=1S/C15H15BrO3/c1-2-18-12-4-3-5-13(9-12)19-15-7-6-11(10-17)8-14(15)16/h3-9,17H,2,10H2,1H3. The maximum Gasteiger partial charge on any atom is 0.141 e. The third-order valence-electron chi connectivity index (χ3n) is 2.52. The van der Waals surface area contributed by atoms with E-state index in [9.17, 15) is 0 Å². The van der Waals surface area contributed by atoms with Crippen molar-refractivity contribution in [1.29, 1.82) is 0 Å². The summed E-state index contributed by atoms with van der Waals surface area (Å²) in [5, 5.41) is 9.06. The number of aliphatic hydroxyl groups is 1. The molecule has 0 bridgehead atoms. The molecule has 0 atom stereocenters. The molecule has 100 valence electrons. The van der Waals surface area contributed by atoms with E-state index in [0.29, 0.717) is 18.1 Å². The molecule has 0 spiro atoms. The van der Waals surface area contributed by atoms with Gasteiger partial charge in [0.25, 0.3) is 0 Å². The van der Waals surface area contributed by atoms with Crippen LogP contribution in [0.2, 0.25) is 0 Å². The molecule has 1 N–H and O–H groups in total. The van der Waals surface area contributed by atoms with Gasteiger partial charge in [-0.15, -0.1) is 0 Å². The van der Waals surface area contributed by atoms with E-state index < -0.39 is 0 Å². The smallest absolute Gasteiger partial charge is 0.141 e. The summed E-state index contributed by atoms with van der Waals surface area (Å²) in [6.45, 7) is 2.58. The number of benzene rings is 2. The topological polar surface area (TPSA) is 38.7 Å². The van der Waals surface area contributed by atoms with E-state index in [-0.39, 0.29) is 6.61 Å². The van der Waals surface area contributed by atoms with Crippen LogP contribution in [0.25, 0.3) is 0 Å². The molecule has 2 aromatic carbocycles. The van der Waals surface area contributed by atoms with Crippen LogP contribution in [0.4, 0.5) is 0 Å². The number of aliphatic hydroxyl groups excluding tert-OH is 1. The maximum atomic E-state index is 9.06. The second kappa shape index (κ2) is 6.59. The summed E-state index contributed by atoms with van der Waals surface area (Å²) in [6.07, 6.45) is 0.